The highest BCUT2D eigenvalue weighted by atomic mass is 16.3. The van der Waals surface area contributed by atoms with Crippen LogP contribution in [-0.2, 0) is 19.4 Å². The molecule has 0 aliphatic carbocycles. The van der Waals surface area contributed by atoms with Crippen molar-refractivity contribution in [3.8, 4) is 0 Å². The Kier molecular flexibility index (Phi) is 4.96. The smallest absolute Gasteiger partial charge is 0.0710 e. The van der Waals surface area contributed by atoms with Crippen LogP contribution in [0.15, 0.2) is 54.9 Å². The summed E-state index contributed by atoms with van der Waals surface area (Å²) in [5.41, 5.74) is 4.63. The molecule has 134 valence electrons. The zero-order valence-corrected chi connectivity index (χ0v) is 15.2. The summed E-state index contributed by atoms with van der Waals surface area (Å²) >= 11 is 0. The second-order valence-electron chi connectivity index (χ2n) is 7.22. The molecule has 1 aliphatic heterocycles. The number of aliphatic hydroxyl groups is 1. The van der Waals surface area contributed by atoms with Gasteiger partial charge in [0.1, 0.15) is 0 Å². The summed E-state index contributed by atoms with van der Waals surface area (Å²) in [5, 5.41) is 11.8. The van der Waals surface area contributed by atoms with E-state index in [1.807, 2.05) is 24.5 Å². The van der Waals surface area contributed by atoms with Gasteiger partial charge >= 0.3 is 0 Å². The quantitative estimate of drug-likeness (QED) is 0.770. The lowest BCUT2D eigenvalue weighted by Gasteiger charge is -2.16. The van der Waals surface area contributed by atoms with Crippen LogP contribution >= 0.6 is 0 Å². The SMILES string of the molecule is CCc1ccc(CN2C[C@@H](Cc3ccnc4ccccc34)[C@@H](O)C2)nc1. The number of benzene rings is 1. The monoisotopic (exact) mass is 347 g/mol. The molecule has 4 heteroatoms. The number of rotatable bonds is 5. The molecule has 1 saturated heterocycles. The van der Waals surface area contributed by atoms with Crippen molar-refractivity contribution >= 4 is 10.9 Å². The van der Waals surface area contributed by atoms with Gasteiger partial charge in [0.25, 0.3) is 0 Å². The predicted octanol–water partition coefficient (Wildman–Crippen LogP) is 3.23. The largest absolute Gasteiger partial charge is 0.391 e. The molecule has 1 aliphatic rings. The van der Waals surface area contributed by atoms with Gasteiger partial charge in [-0.15, -0.1) is 0 Å². The summed E-state index contributed by atoms with van der Waals surface area (Å²) in [4.78, 5) is 11.3. The third kappa shape index (κ3) is 3.62. The van der Waals surface area contributed by atoms with Crippen LogP contribution in [0, 0.1) is 5.92 Å². The molecule has 1 aromatic carbocycles. The van der Waals surface area contributed by atoms with Crippen LogP contribution in [-0.4, -0.2) is 39.2 Å². The summed E-state index contributed by atoms with van der Waals surface area (Å²) in [6.07, 6.45) is 5.43. The number of aromatic nitrogens is 2. The van der Waals surface area contributed by atoms with Crippen molar-refractivity contribution < 1.29 is 5.11 Å². The summed E-state index contributed by atoms with van der Waals surface area (Å²) < 4.78 is 0. The Balaban J connectivity index is 1.45. The maximum absolute atomic E-state index is 10.6. The minimum atomic E-state index is -0.295. The van der Waals surface area contributed by atoms with Crippen molar-refractivity contribution in [2.45, 2.75) is 32.4 Å². The fourth-order valence-electron chi connectivity index (χ4n) is 3.87. The molecule has 4 rings (SSSR count). The van der Waals surface area contributed by atoms with Crippen LogP contribution in [0.2, 0.25) is 0 Å². The molecule has 0 radical (unpaired) electrons. The molecule has 0 unspecified atom stereocenters. The van der Waals surface area contributed by atoms with Gasteiger partial charge in [-0.2, -0.15) is 0 Å². The van der Waals surface area contributed by atoms with Gasteiger partial charge in [0, 0.05) is 43.3 Å². The van der Waals surface area contributed by atoms with Gasteiger partial charge in [0.05, 0.1) is 17.3 Å². The van der Waals surface area contributed by atoms with Crippen LogP contribution in [0.1, 0.15) is 23.7 Å². The van der Waals surface area contributed by atoms with Crippen LogP contribution in [0.25, 0.3) is 10.9 Å². The minimum Gasteiger partial charge on any atom is -0.391 e. The number of pyridine rings is 2. The molecule has 4 nitrogen and oxygen atoms in total. The molecule has 0 spiro atoms. The standard InChI is InChI=1S/C22H25N3O/c1-2-16-7-8-19(24-12-16)14-25-13-18(22(26)15-25)11-17-9-10-23-21-6-4-3-5-20(17)21/h3-10,12,18,22,26H,2,11,13-15H2,1H3/t18-,22+/m1/s1. The Hall–Kier alpha value is -2.30. The third-order valence-electron chi connectivity index (χ3n) is 5.38. The number of nitrogens with zero attached hydrogens (tertiary/aromatic N) is 3. The number of aryl methyl sites for hydroxylation is 1. The van der Waals surface area contributed by atoms with Crippen LogP contribution in [0.5, 0.6) is 0 Å². The van der Waals surface area contributed by atoms with E-state index in [1.54, 1.807) is 0 Å². The lowest BCUT2D eigenvalue weighted by molar-refractivity contribution is 0.141. The molecule has 2 atom stereocenters. The Labute approximate surface area is 154 Å². The molecule has 26 heavy (non-hydrogen) atoms. The first-order valence-electron chi connectivity index (χ1n) is 9.40. The highest BCUT2D eigenvalue weighted by Crippen LogP contribution is 2.26. The number of β-amino-alcohol motifs (C(OH)–C–C–N with tert-alkyl or cyclic N) is 1. The molecule has 0 bridgehead atoms. The molecule has 0 saturated carbocycles. The number of hydrogen-bond acceptors (Lipinski definition) is 4. The zero-order valence-electron chi connectivity index (χ0n) is 15.2. The predicted molar refractivity (Wildman–Crippen MR) is 104 cm³/mol. The Morgan fingerprint density at radius 1 is 1.08 bits per heavy atom. The lowest BCUT2D eigenvalue weighted by Crippen LogP contribution is -2.22. The topological polar surface area (TPSA) is 49.2 Å². The van der Waals surface area contributed by atoms with Gasteiger partial charge in [-0.1, -0.05) is 31.2 Å². The van der Waals surface area contributed by atoms with E-state index >= 15 is 0 Å². The summed E-state index contributed by atoms with van der Waals surface area (Å²) in [7, 11) is 0. The van der Waals surface area contributed by atoms with Crippen LogP contribution in [0.3, 0.4) is 0 Å². The number of para-hydroxylation sites is 1. The number of fused-ring (bicyclic) bond motifs is 1. The average molecular weight is 347 g/mol. The van der Waals surface area contributed by atoms with Gasteiger partial charge in [0.15, 0.2) is 0 Å². The molecule has 3 heterocycles. The normalized spacial score (nSPS) is 20.7. The summed E-state index contributed by atoms with van der Waals surface area (Å²) in [6.45, 7) is 4.55. The van der Waals surface area contributed by atoms with Crippen molar-refractivity contribution in [3.63, 3.8) is 0 Å². The van der Waals surface area contributed by atoms with E-state index in [-0.39, 0.29) is 12.0 Å². The van der Waals surface area contributed by atoms with Crippen molar-refractivity contribution in [1.29, 1.82) is 0 Å². The maximum atomic E-state index is 10.6. The summed E-state index contributed by atoms with van der Waals surface area (Å²) in [5.74, 6) is 0.246. The van der Waals surface area contributed by atoms with Crippen LogP contribution < -0.4 is 0 Å². The van der Waals surface area contributed by atoms with E-state index in [4.69, 9.17) is 0 Å². The first-order chi connectivity index (χ1) is 12.7. The number of hydrogen-bond donors (Lipinski definition) is 1. The number of likely N-dealkylation sites (tertiary alicyclic amines) is 1. The van der Waals surface area contributed by atoms with Crippen molar-refractivity contribution in [2.24, 2.45) is 5.92 Å². The highest BCUT2D eigenvalue weighted by molar-refractivity contribution is 5.81. The molecule has 2 aromatic heterocycles. The van der Waals surface area contributed by atoms with Gasteiger partial charge in [0.2, 0.25) is 0 Å². The molecule has 0 amide bonds. The maximum Gasteiger partial charge on any atom is 0.0710 e. The highest BCUT2D eigenvalue weighted by Gasteiger charge is 2.31. The number of aliphatic hydroxyl groups excluding tert-OH is 1. The molecular weight excluding hydrogens is 322 g/mol. The summed E-state index contributed by atoms with van der Waals surface area (Å²) in [6, 6.07) is 14.6. The van der Waals surface area contributed by atoms with Gasteiger partial charge in [-0.25, -0.2) is 0 Å². The van der Waals surface area contributed by atoms with Crippen molar-refractivity contribution in [1.82, 2.24) is 14.9 Å². The molecule has 1 fully saturated rings. The second kappa shape index (κ2) is 7.52. The van der Waals surface area contributed by atoms with Gasteiger partial charge in [-0.3, -0.25) is 14.9 Å². The Morgan fingerprint density at radius 2 is 1.96 bits per heavy atom. The second-order valence-corrected chi connectivity index (χ2v) is 7.22. The van der Waals surface area contributed by atoms with E-state index in [0.717, 1.165) is 37.1 Å². The molecule has 1 N–H and O–H groups in total. The fourth-order valence-corrected chi connectivity index (χ4v) is 3.87. The van der Waals surface area contributed by atoms with Gasteiger partial charge < -0.3 is 5.11 Å². The van der Waals surface area contributed by atoms with Crippen molar-refractivity contribution in [3.05, 3.63) is 71.7 Å². The first kappa shape index (κ1) is 17.1. The van der Waals surface area contributed by atoms with E-state index < -0.39 is 0 Å². The Morgan fingerprint density at radius 3 is 2.77 bits per heavy atom. The fraction of sp³-hybridized carbons (Fsp3) is 0.364. The minimum absolute atomic E-state index is 0.246. The lowest BCUT2D eigenvalue weighted by atomic mass is 9.94. The van der Waals surface area contributed by atoms with E-state index in [0.29, 0.717) is 6.54 Å². The van der Waals surface area contributed by atoms with Crippen molar-refractivity contribution in [2.75, 3.05) is 13.1 Å². The van der Waals surface area contributed by atoms with E-state index in [2.05, 4.69) is 52.1 Å². The third-order valence-corrected chi connectivity index (χ3v) is 5.38. The van der Waals surface area contributed by atoms with E-state index in [9.17, 15) is 5.11 Å². The molecular formula is C22H25N3O. The average Bonchev–Trinajstić information content (AvgIpc) is 3.01. The zero-order chi connectivity index (χ0) is 17.9. The Bertz CT molecular complexity index is 873. The van der Waals surface area contributed by atoms with E-state index in [1.165, 1.54) is 16.5 Å². The first-order valence-corrected chi connectivity index (χ1v) is 9.40. The van der Waals surface area contributed by atoms with Crippen LogP contribution in [0.4, 0.5) is 0 Å². The molecule has 3 aromatic rings. The van der Waals surface area contributed by atoms with Gasteiger partial charge in [-0.05, 0) is 42.2 Å².